The van der Waals surface area contributed by atoms with Crippen LogP contribution >= 0.6 is 0 Å². The van der Waals surface area contributed by atoms with Gasteiger partial charge in [-0.2, -0.15) is 0 Å². The highest BCUT2D eigenvalue weighted by molar-refractivity contribution is 5.91. The van der Waals surface area contributed by atoms with E-state index in [1.54, 1.807) is 4.90 Å². The quantitative estimate of drug-likeness (QED) is 0.755. The smallest absolute Gasteiger partial charge is 0.308 e. The lowest BCUT2D eigenvalue weighted by molar-refractivity contribution is -0.150. The Labute approximate surface area is 167 Å². The van der Waals surface area contributed by atoms with Gasteiger partial charge in [-0.15, -0.1) is 0 Å². The summed E-state index contributed by atoms with van der Waals surface area (Å²) in [4.78, 5) is 39.6. The lowest BCUT2D eigenvalue weighted by Crippen LogP contribution is -2.58. The van der Waals surface area contributed by atoms with Crippen molar-refractivity contribution in [3.8, 4) is 0 Å². The third kappa shape index (κ3) is 3.33. The predicted octanol–water partition coefficient (Wildman–Crippen LogP) is 2.52. The number of aliphatic carboxylic acids is 1. The maximum Gasteiger partial charge on any atom is 0.308 e. The summed E-state index contributed by atoms with van der Waals surface area (Å²) in [5.41, 5.74) is -0.274. The summed E-state index contributed by atoms with van der Waals surface area (Å²) in [6.45, 7) is 6.48. The van der Waals surface area contributed by atoms with Crippen molar-refractivity contribution in [1.82, 2.24) is 10.2 Å². The maximum atomic E-state index is 13.4. The molecule has 3 atom stereocenters. The molecule has 4 aliphatic carbocycles. The normalized spacial score (nSPS) is 40.0. The molecule has 2 amide bonds. The largest absolute Gasteiger partial charge is 0.481 e. The summed E-state index contributed by atoms with van der Waals surface area (Å²) < 4.78 is 0. The summed E-state index contributed by atoms with van der Waals surface area (Å²) in [5, 5.41) is 12.5. The van der Waals surface area contributed by atoms with Crippen LogP contribution in [-0.4, -0.2) is 46.9 Å². The molecule has 4 bridgehead atoms. The Morgan fingerprint density at radius 1 is 1.00 bits per heavy atom. The van der Waals surface area contributed by atoms with Gasteiger partial charge in [0.15, 0.2) is 0 Å². The first-order chi connectivity index (χ1) is 13.2. The van der Waals surface area contributed by atoms with Crippen LogP contribution in [0.2, 0.25) is 0 Å². The Bertz CT molecular complexity index is 638. The molecule has 0 aromatic heterocycles. The van der Waals surface area contributed by atoms with Crippen molar-refractivity contribution in [2.45, 2.75) is 65.3 Å². The molecule has 6 heteroatoms. The van der Waals surface area contributed by atoms with Crippen LogP contribution in [0.4, 0.5) is 0 Å². The van der Waals surface area contributed by atoms with Crippen LogP contribution in [-0.2, 0) is 14.4 Å². The molecular formula is C22H34N2O4. The highest BCUT2D eigenvalue weighted by Gasteiger charge is 2.55. The van der Waals surface area contributed by atoms with Crippen LogP contribution in [0.1, 0.15) is 59.3 Å². The molecule has 5 aliphatic rings. The van der Waals surface area contributed by atoms with E-state index in [0.29, 0.717) is 24.3 Å². The van der Waals surface area contributed by atoms with E-state index in [9.17, 15) is 19.5 Å². The highest BCUT2D eigenvalue weighted by Crippen LogP contribution is 2.60. The molecule has 2 N–H and O–H groups in total. The van der Waals surface area contributed by atoms with Gasteiger partial charge in [0.1, 0.15) is 6.04 Å². The molecule has 4 saturated carbocycles. The second kappa shape index (κ2) is 7.03. The van der Waals surface area contributed by atoms with E-state index in [4.69, 9.17) is 0 Å². The fourth-order valence-corrected chi connectivity index (χ4v) is 6.86. The average Bonchev–Trinajstić information content (AvgIpc) is 2.99. The zero-order valence-electron chi connectivity index (χ0n) is 17.3. The molecule has 28 heavy (non-hydrogen) atoms. The minimum atomic E-state index is -0.846. The molecule has 6 nitrogen and oxygen atoms in total. The lowest BCUT2D eigenvalue weighted by Gasteiger charge is -2.56. The van der Waals surface area contributed by atoms with Gasteiger partial charge in [0.25, 0.3) is 0 Å². The van der Waals surface area contributed by atoms with E-state index in [1.807, 2.05) is 20.8 Å². The first-order valence-corrected chi connectivity index (χ1v) is 11.0. The number of nitrogens with one attached hydrogen (secondary N) is 1. The van der Waals surface area contributed by atoms with Gasteiger partial charge in [0, 0.05) is 18.5 Å². The SMILES string of the molecule is CC(C)C(NC(=O)C12CC3CC(CC(C3)C1)C2)C(=O)N1C[C@@H](C)[C@H](C(=O)O)C1. The zero-order valence-corrected chi connectivity index (χ0v) is 17.3. The Morgan fingerprint density at radius 2 is 1.54 bits per heavy atom. The molecule has 0 aromatic carbocycles. The summed E-state index contributed by atoms with van der Waals surface area (Å²) in [6, 6.07) is -0.569. The molecule has 0 spiro atoms. The Kier molecular flexibility index (Phi) is 4.95. The summed E-state index contributed by atoms with van der Waals surface area (Å²) >= 11 is 0. The van der Waals surface area contributed by atoms with Crippen LogP contribution in [0.25, 0.3) is 0 Å². The minimum absolute atomic E-state index is 0.0236. The number of hydrogen-bond acceptors (Lipinski definition) is 3. The van der Waals surface area contributed by atoms with Crippen molar-refractivity contribution in [3.63, 3.8) is 0 Å². The van der Waals surface area contributed by atoms with E-state index in [0.717, 1.165) is 19.3 Å². The topological polar surface area (TPSA) is 86.7 Å². The van der Waals surface area contributed by atoms with Crippen molar-refractivity contribution >= 4 is 17.8 Å². The first-order valence-electron chi connectivity index (χ1n) is 11.0. The Hall–Kier alpha value is -1.59. The van der Waals surface area contributed by atoms with Crippen LogP contribution in [0.5, 0.6) is 0 Å². The Morgan fingerprint density at radius 3 is 1.96 bits per heavy atom. The molecule has 1 aliphatic heterocycles. The van der Waals surface area contributed by atoms with Crippen molar-refractivity contribution in [2.75, 3.05) is 13.1 Å². The molecule has 0 aromatic rings. The van der Waals surface area contributed by atoms with Gasteiger partial charge in [0.05, 0.1) is 5.92 Å². The highest BCUT2D eigenvalue weighted by atomic mass is 16.4. The molecule has 5 rings (SSSR count). The number of carbonyl (C=O) groups is 3. The fourth-order valence-electron chi connectivity index (χ4n) is 6.86. The number of hydrogen-bond donors (Lipinski definition) is 2. The van der Waals surface area contributed by atoms with Crippen molar-refractivity contribution in [3.05, 3.63) is 0 Å². The number of rotatable bonds is 5. The average molecular weight is 391 g/mol. The van der Waals surface area contributed by atoms with E-state index >= 15 is 0 Å². The van der Waals surface area contributed by atoms with Crippen molar-refractivity contribution < 1.29 is 19.5 Å². The number of carboxylic acids is 1. The zero-order chi connectivity index (χ0) is 20.2. The summed E-state index contributed by atoms with van der Waals surface area (Å²) in [6.07, 6.45) is 6.77. The van der Waals surface area contributed by atoms with Gasteiger partial charge in [-0.25, -0.2) is 0 Å². The van der Waals surface area contributed by atoms with Crippen LogP contribution in [0, 0.1) is 40.9 Å². The molecule has 1 heterocycles. The van der Waals surface area contributed by atoms with Crippen LogP contribution in [0.15, 0.2) is 0 Å². The second-order valence-electron chi connectivity index (χ2n) is 10.6. The molecule has 5 fully saturated rings. The van der Waals surface area contributed by atoms with E-state index in [-0.39, 0.29) is 35.6 Å². The number of carbonyl (C=O) groups excluding carboxylic acids is 2. The summed E-state index contributed by atoms with van der Waals surface area (Å²) in [5.74, 6) is 0.544. The monoisotopic (exact) mass is 390 g/mol. The van der Waals surface area contributed by atoms with Crippen LogP contribution < -0.4 is 5.32 Å². The number of nitrogens with zero attached hydrogens (tertiary/aromatic N) is 1. The van der Waals surface area contributed by atoms with Gasteiger partial charge >= 0.3 is 5.97 Å². The number of amides is 2. The maximum absolute atomic E-state index is 13.4. The third-order valence-corrected chi connectivity index (χ3v) is 7.98. The van der Waals surface area contributed by atoms with Gasteiger partial charge in [-0.3, -0.25) is 14.4 Å². The molecule has 1 saturated heterocycles. The molecule has 1 unspecified atom stereocenters. The third-order valence-electron chi connectivity index (χ3n) is 7.98. The fraction of sp³-hybridized carbons (Fsp3) is 0.864. The van der Waals surface area contributed by atoms with Crippen LogP contribution in [0.3, 0.4) is 0 Å². The van der Waals surface area contributed by atoms with Gasteiger partial charge in [0.2, 0.25) is 11.8 Å². The van der Waals surface area contributed by atoms with Gasteiger partial charge in [-0.05, 0) is 68.1 Å². The van der Waals surface area contributed by atoms with Gasteiger partial charge in [-0.1, -0.05) is 20.8 Å². The van der Waals surface area contributed by atoms with Crippen molar-refractivity contribution in [1.29, 1.82) is 0 Å². The number of carboxylic acid groups (broad SMARTS) is 1. The first kappa shape index (κ1) is 19.7. The molecule has 156 valence electrons. The Balaban J connectivity index is 1.46. The summed E-state index contributed by atoms with van der Waals surface area (Å²) in [7, 11) is 0. The minimum Gasteiger partial charge on any atom is -0.481 e. The van der Waals surface area contributed by atoms with Gasteiger partial charge < -0.3 is 15.3 Å². The lowest BCUT2D eigenvalue weighted by atomic mass is 9.49. The molecule has 0 radical (unpaired) electrons. The standard InChI is InChI=1S/C22H34N2O4/c1-12(2)18(19(25)24-10-13(3)17(11-24)20(26)27)23-21(28)22-7-14-4-15(8-22)6-16(5-14)9-22/h12-18H,4-11H2,1-3H3,(H,23,28)(H,26,27)/t13-,14?,15?,16?,17-,18?,22?/m1/s1. The predicted molar refractivity (Wildman–Crippen MR) is 104 cm³/mol. The van der Waals surface area contributed by atoms with Crippen molar-refractivity contribution in [2.24, 2.45) is 40.9 Å². The van der Waals surface area contributed by atoms with E-state index < -0.39 is 17.9 Å². The second-order valence-corrected chi connectivity index (χ2v) is 10.6. The molecular weight excluding hydrogens is 356 g/mol. The number of likely N-dealkylation sites (tertiary alicyclic amines) is 1. The van der Waals surface area contributed by atoms with E-state index in [2.05, 4.69) is 5.32 Å². The van der Waals surface area contributed by atoms with E-state index in [1.165, 1.54) is 19.3 Å².